The summed E-state index contributed by atoms with van der Waals surface area (Å²) in [5.41, 5.74) is 5.46. The first-order valence-corrected chi connectivity index (χ1v) is 3.51. The van der Waals surface area contributed by atoms with Crippen LogP contribution >= 0.6 is 0 Å². The summed E-state index contributed by atoms with van der Waals surface area (Å²) in [4.78, 5) is 9.72. The van der Waals surface area contributed by atoms with Gasteiger partial charge in [-0.2, -0.15) is 4.68 Å². The summed E-state index contributed by atoms with van der Waals surface area (Å²) < 4.78 is 1.47. The maximum atomic E-state index is 10.3. The fourth-order valence-corrected chi connectivity index (χ4v) is 0.803. The lowest BCUT2D eigenvalue weighted by Crippen LogP contribution is -2.01. The van der Waals surface area contributed by atoms with Crippen molar-refractivity contribution in [1.29, 1.82) is 0 Å². The number of rotatable bonds is 2. The lowest BCUT2D eigenvalue weighted by molar-refractivity contribution is -0.388. The van der Waals surface area contributed by atoms with Crippen LogP contribution in [0.4, 0.5) is 11.5 Å². The van der Waals surface area contributed by atoms with E-state index in [1.807, 2.05) is 13.8 Å². The Balaban J connectivity index is 3.09. The molecule has 0 atom stereocenters. The van der Waals surface area contributed by atoms with Gasteiger partial charge >= 0.3 is 5.82 Å². The van der Waals surface area contributed by atoms with Crippen LogP contribution in [0, 0.1) is 10.1 Å². The Bertz CT molecular complexity index is 304. The van der Waals surface area contributed by atoms with Crippen molar-refractivity contribution in [3.05, 3.63) is 16.3 Å². The summed E-state index contributed by atoms with van der Waals surface area (Å²) in [5.74, 6) is -0.274. The third-order valence-corrected chi connectivity index (χ3v) is 1.44. The van der Waals surface area contributed by atoms with Crippen LogP contribution < -0.4 is 5.73 Å². The first-order chi connectivity index (χ1) is 5.52. The van der Waals surface area contributed by atoms with Crippen molar-refractivity contribution in [3.63, 3.8) is 0 Å². The van der Waals surface area contributed by atoms with Crippen LogP contribution in [-0.4, -0.2) is 14.7 Å². The molecule has 6 heteroatoms. The van der Waals surface area contributed by atoms with Crippen LogP contribution in [0.5, 0.6) is 0 Å². The molecule has 1 aromatic rings. The SMILES string of the molecule is CC(C)n1cc(N)c([N+](=O)[O-])n1. The monoisotopic (exact) mass is 170 g/mol. The molecule has 0 bridgehead atoms. The summed E-state index contributed by atoms with van der Waals surface area (Å²) in [6.07, 6.45) is 1.46. The van der Waals surface area contributed by atoms with Crippen molar-refractivity contribution in [2.24, 2.45) is 0 Å². The van der Waals surface area contributed by atoms with Gasteiger partial charge in [-0.1, -0.05) is 0 Å². The van der Waals surface area contributed by atoms with Gasteiger partial charge < -0.3 is 15.8 Å². The second kappa shape index (κ2) is 2.80. The van der Waals surface area contributed by atoms with Crippen LogP contribution in [0.1, 0.15) is 19.9 Å². The number of hydrogen-bond acceptors (Lipinski definition) is 4. The first kappa shape index (κ1) is 8.51. The molecule has 0 amide bonds. The predicted molar refractivity (Wildman–Crippen MR) is 43.7 cm³/mol. The molecule has 1 heterocycles. The Kier molecular flexibility index (Phi) is 1.99. The van der Waals surface area contributed by atoms with Gasteiger partial charge in [0.05, 0.1) is 17.3 Å². The van der Waals surface area contributed by atoms with E-state index in [2.05, 4.69) is 5.10 Å². The second-order valence-electron chi connectivity index (χ2n) is 2.74. The van der Waals surface area contributed by atoms with Crippen molar-refractivity contribution in [2.75, 3.05) is 5.73 Å². The molecule has 0 saturated carbocycles. The van der Waals surface area contributed by atoms with Gasteiger partial charge in [-0.15, -0.1) is 0 Å². The van der Waals surface area contributed by atoms with E-state index in [-0.39, 0.29) is 17.5 Å². The Morgan fingerprint density at radius 3 is 2.58 bits per heavy atom. The zero-order valence-corrected chi connectivity index (χ0v) is 6.89. The van der Waals surface area contributed by atoms with Crippen molar-refractivity contribution in [3.8, 4) is 0 Å². The zero-order valence-electron chi connectivity index (χ0n) is 6.89. The third kappa shape index (κ3) is 1.36. The van der Waals surface area contributed by atoms with Crippen LogP contribution in [0.2, 0.25) is 0 Å². The summed E-state index contributed by atoms with van der Waals surface area (Å²) in [6, 6.07) is 0.0843. The molecule has 0 aromatic carbocycles. The third-order valence-electron chi connectivity index (χ3n) is 1.44. The Morgan fingerprint density at radius 2 is 2.33 bits per heavy atom. The van der Waals surface area contributed by atoms with Crippen LogP contribution in [0.3, 0.4) is 0 Å². The quantitative estimate of drug-likeness (QED) is 0.528. The molecule has 0 aliphatic heterocycles. The largest absolute Gasteiger partial charge is 0.412 e. The number of nitrogens with zero attached hydrogens (tertiary/aromatic N) is 3. The Hall–Kier alpha value is -1.59. The fourth-order valence-electron chi connectivity index (χ4n) is 0.803. The highest BCUT2D eigenvalue weighted by Crippen LogP contribution is 2.19. The van der Waals surface area contributed by atoms with E-state index < -0.39 is 4.92 Å². The second-order valence-corrected chi connectivity index (χ2v) is 2.74. The predicted octanol–water partition coefficient (Wildman–Crippen LogP) is 0.954. The lowest BCUT2D eigenvalue weighted by Gasteiger charge is -1.96. The minimum atomic E-state index is -0.589. The summed E-state index contributed by atoms with van der Waals surface area (Å²) >= 11 is 0. The average molecular weight is 170 g/mol. The smallest absolute Gasteiger partial charge is 0.390 e. The van der Waals surface area contributed by atoms with Crippen LogP contribution in [0.15, 0.2) is 6.20 Å². The molecular weight excluding hydrogens is 160 g/mol. The maximum Gasteiger partial charge on any atom is 0.412 e. The van der Waals surface area contributed by atoms with Gasteiger partial charge in [-0.25, -0.2) is 0 Å². The zero-order chi connectivity index (χ0) is 9.30. The molecular formula is C6H10N4O2. The molecule has 12 heavy (non-hydrogen) atoms. The molecule has 0 aliphatic rings. The van der Waals surface area contributed by atoms with E-state index in [0.29, 0.717) is 0 Å². The van der Waals surface area contributed by atoms with E-state index in [4.69, 9.17) is 5.73 Å². The molecule has 0 unspecified atom stereocenters. The van der Waals surface area contributed by atoms with Gasteiger partial charge in [0.15, 0.2) is 5.69 Å². The van der Waals surface area contributed by atoms with Crippen molar-refractivity contribution < 1.29 is 4.92 Å². The summed E-state index contributed by atoms with van der Waals surface area (Å²) in [6.45, 7) is 3.74. The first-order valence-electron chi connectivity index (χ1n) is 3.51. The van der Waals surface area contributed by atoms with E-state index in [1.165, 1.54) is 10.9 Å². The van der Waals surface area contributed by atoms with Crippen molar-refractivity contribution in [1.82, 2.24) is 9.78 Å². The fraction of sp³-hybridized carbons (Fsp3) is 0.500. The molecule has 0 fully saturated rings. The summed E-state index contributed by atoms with van der Waals surface area (Å²) in [7, 11) is 0. The molecule has 6 nitrogen and oxygen atoms in total. The van der Waals surface area contributed by atoms with Crippen LogP contribution in [0.25, 0.3) is 0 Å². The number of nitrogens with two attached hydrogens (primary N) is 1. The molecule has 1 rings (SSSR count). The number of anilines is 1. The van der Waals surface area contributed by atoms with Gasteiger partial charge in [0.2, 0.25) is 0 Å². The number of aromatic nitrogens is 2. The van der Waals surface area contributed by atoms with Gasteiger partial charge in [-0.05, 0) is 18.8 Å². The minimum absolute atomic E-state index is 0.0843. The molecule has 2 N–H and O–H groups in total. The van der Waals surface area contributed by atoms with E-state index >= 15 is 0 Å². The standard InChI is InChI=1S/C6H10N4O2/c1-4(2)9-3-5(7)6(8-9)10(11)12/h3-4H,7H2,1-2H3. The highest BCUT2D eigenvalue weighted by molar-refractivity contribution is 5.51. The van der Waals surface area contributed by atoms with Gasteiger partial charge in [0.25, 0.3) is 0 Å². The Morgan fingerprint density at radius 1 is 1.75 bits per heavy atom. The molecule has 66 valence electrons. The highest BCUT2D eigenvalue weighted by Gasteiger charge is 2.18. The maximum absolute atomic E-state index is 10.3. The molecule has 0 spiro atoms. The number of nitro groups is 1. The average Bonchev–Trinajstić information content (AvgIpc) is 2.30. The van der Waals surface area contributed by atoms with E-state index in [0.717, 1.165) is 0 Å². The molecule has 0 saturated heterocycles. The lowest BCUT2D eigenvalue weighted by atomic mass is 10.4. The van der Waals surface area contributed by atoms with Gasteiger partial charge in [0, 0.05) is 0 Å². The number of hydrogen-bond donors (Lipinski definition) is 1. The van der Waals surface area contributed by atoms with Gasteiger partial charge in [0.1, 0.15) is 0 Å². The number of nitrogen functional groups attached to an aromatic ring is 1. The molecule has 1 aromatic heterocycles. The summed E-state index contributed by atoms with van der Waals surface area (Å²) in [5, 5.41) is 14.0. The van der Waals surface area contributed by atoms with E-state index in [1.54, 1.807) is 0 Å². The molecule has 0 radical (unpaired) electrons. The van der Waals surface area contributed by atoms with E-state index in [9.17, 15) is 10.1 Å². The Labute approximate surface area is 69.1 Å². The molecule has 0 aliphatic carbocycles. The normalized spacial score (nSPS) is 10.6. The van der Waals surface area contributed by atoms with Crippen molar-refractivity contribution in [2.45, 2.75) is 19.9 Å². The minimum Gasteiger partial charge on any atom is -0.390 e. The van der Waals surface area contributed by atoms with Crippen molar-refractivity contribution >= 4 is 11.5 Å². The van der Waals surface area contributed by atoms with Gasteiger partial charge in [-0.3, -0.25) is 0 Å². The highest BCUT2D eigenvalue weighted by atomic mass is 16.6. The van der Waals surface area contributed by atoms with Crippen LogP contribution in [-0.2, 0) is 0 Å². The topological polar surface area (TPSA) is 87.0 Å².